The van der Waals surface area contributed by atoms with Crippen LogP contribution < -0.4 is 5.32 Å². The van der Waals surface area contributed by atoms with Crippen molar-refractivity contribution in [3.63, 3.8) is 0 Å². The zero-order chi connectivity index (χ0) is 14.6. The van der Waals surface area contributed by atoms with Crippen LogP contribution in [0.3, 0.4) is 0 Å². The second-order valence-electron chi connectivity index (χ2n) is 5.19. The Labute approximate surface area is 126 Å². The Morgan fingerprint density at radius 2 is 1.95 bits per heavy atom. The summed E-state index contributed by atoms with van der Waals surface area (Å²) in [7, 11) is 0. The zero-order valence-electron chi connectivity index (χ0n) is 11.1. The molecule has 0 spiro atoms. The van der Waals surface area contributed by atoms with Gasteiger partial charge in [0.1, 0.15) is 11.4 Å². The molecule has 0 atom stereocenters. The number of hydrogen-bond acceptors (Lipinski definition) is 2. The van der Waals surface area contributed by atoms with Crippen molar-refractivity contribution in [1.82, 2.24) is 5.32 Å². The molecule has 0 radical (unpaired) electrons. The predicted octanol–water partition coefficient (Wildman–Crippen LogP) is 3.93. The lowest BCUT2D eigenvalue weighted by atomic mass is 9.91. The summed E-state index contributed by atoms with van der Waals surface area (Å²) in [5.41, 5.74) is -0.875. The van der Waals surface area contributed by atoms with Gasteiger partial charge in [0.2, 0.25) is 0 Å². The first-order valence-corrected chi connectivity index (χ1v) is 7.54. The number of rotatable bonds is 2. The minimum atomic E-state index is -0.854. The van der Waals surface area contributed by atoms with E-state index in [0.717, 1.165) is 25.7 Å². The van der Waals surface area contributed by atoms with E-state index in [1.165, 1.54) is 12.1 Å². The first-order chi connectivity index (χ1) is 9.56. The Morgan fingerprint density at radius 3 is 2.50 bits per heavy atom. The summed E-state index contributed by atoms with van der Waals surface area (Å²) in [5.74, 6) is -1.10. The highest BCUT2D eigenvalue weighted by atomic mass is 79.9. The van der Waals surface area contributed by atoms with Crippen molar-refractivity contribution in [2.75, 3.05) is 0 Å². The number of nitriles is 1. The van der Waals surface area contributed by atoms with Crippen LogP contribution in [0.5, 0.6) is 0 Å². The molecule has 0 aliphatic heterocycles. The molecule has 1 aliphatic carbocycles. The fourth-order valence-corrected chi connectivity index (χ4v) is 2.89. The molecule has 0 unspecified atom stereocenters. The van der Waals surface area contributed by atoms with E-state index in [9.17, 15) is 14.4 Å². The molecule has 0 aromatic heterocycles. The number of halogens is 2. The van der Waals surface area contributed by atoms with Gasteiger partial charge in [0.25, 0.3) is 5.91 Å². The van der Waals surface area contributed by atoms with Crippen molar-refractivity contribution >= 4 is 21.8 Å². The number of benzene rings is 1. The molecule has 1 N–H and O–H groups in total. The van der Waals surface area contributed by atoms with Crippen LogP contribution in [0, 0.1) is 17.1 Å². The molecule has 106 valence electrons. The van der Waals surface area contributed by atoms with Crippen molar-refractivity contribution in [2.45, 2.75) is 44.1 Å². The van der Waals surface area contributed by atoms with E-state index in [4.69, 9.17) is 0 Å². The van der Waals surface area contributed by atoms with Crippen molar-refractivity contribution in [3.05, 3.63) is 34.1 Å². The Balaban J connectivity index is 2.18. The maximum Gasteiger partial charge on any atom is 0.255 e. The molecule has 1 saturated carbocycles. The third kappa shape index (κ3) is 3.37. The van der Waals surface area contributed by atoms with Gasteiger partial charge in [-0.25, -0.2) is 4.39 Å². The first kappa shape index (κ1) is 15.0. The Hall–Kier alpha value is -1.41. The molecule has 0 heterocycles. The molecule has 3 nitrogen and oxygen atoms in total. The van der Waals surface area contributed by atoms with E-state index in [-0.39, 0.29) is 5.56 Å². The van der Waals surface area contributed by atoms with Gasteiger partial charge in [-0.05, 0) is 31.0 Å². The summed E-state index contributed by atoms with van der Waals surface area (Å²) in [6.07, 6.45) is 5.24. The quantitative estimate of drug-likeness (QED) is 0.830. The second kappa shape index (κ2) is 6.36. The van der Waals surface area contributed by atoms with E-state index in [1.807, 2.05) is 0 Å². The molecule has 0 bridgehead atoms. The largest absolute Gasteiger partial charge is 0.334 e. The molecule has 5 heteroatoms. The molecule has 1 aromatic rings. The number of nitrogens with zero attached hydrogens (tertiary/aromatic N) is 1. The van der Waals surface area contributed by atoms with Crippen molar-refractivity contribution < 1.29 is 9.18 Å². The third-order valence-electron chi connectivity index (χ3n) is 3.70. The lowest BCUT2D eigenvalue weighted by molar-refractivity contribution is 0.0908. The van der Waals surface area contributed by atoms with Gasteiger partial charge in [-0.3, -0.25) is 4.79 Å². The summed E-state index contributed by atoms with van der Waals surface area (Å²) in [6, 6.07) is 6.52. The molecular formula is C15H16BrFN2O. The van der Waals surface area contributed by atoms with Crippen molar-refractivity contribution in [2.24, 2.45) is 0 Å². The normalized spacial score (nSPS) is 17.9. The van der Waals surface area contributed by atoms with E-state index in [1.54, 1.807) is 6.07 Å². The first-order valence-electron chi connectivity index (χ1n) is 6.75. The molecule has 1 aromatic carbocycles. The van der Waals surface area contributed by atoms with E-state index in [0.29, 0.717) is 17.3 Å². The maximum atomic E-state index is 13.8. The van der Waals surface area contributed by atoms with Gasteiger partial charge in [-0.2, -0.15) is 5.26 Å². The monoisotopic (exact) mass is 338 g/mol. The number of amides is 1. The fourth-order valence-electron chi connectivity index (χ4n) is 2.56. The minimum absolute atomic E-state index is 0.0212. The molecule has 0 saturated heterocycles. The van der Waals surface area contributed by atoms with Gasteiger partial charge in [0, 0.05) is 4.47 Å². The van der Waals surface area contributed by atoms with Crippen LogP contribution in [0.25, 0.3) is 0 Å². The van der Waals surface area contributed by atoms with Gasteiger partial charge in [0.05, 0.1) is 11.6 Å². The van der Waals surface area contributed by atoms with Gasteiger partial charge in [-0.1, -0.05) is 41.6 Å². The Kier molecular flexibility index (Phi) is 4.77. The lowest BCUT2D eigenvalue weighted by Gasteiger charge is -2.26. The third-order valence-corrected chi connectivity index (χ3v) is 4.19. The number of nitrogens with one attached hydrogen (secondary N) is 1. The second-order valence-corrected chi connectivity index (χ2v) is 6.10. The van der Waals surface area contributed by atoms with Crippen LogP contribution in [-0.4, -0.2) is 11.4 Å². The Morgan fingerprint density at radius 1 is 1.30 bits per heavy atom. The maximum absolute atomic E-state index is 13.8. The van der Waals surface area contributed by atoms with Crippen LogP contribution >= 0.6 is 15.9 Å². The van der Waals surface area contributed by atoms with Crippen LogP contribution in [0.2, 0.25) is 0 Å². The lowest BCUT2D eigenvalue weighted by Crippen LogP contribution is -2.47. The Bertz CT molecular complexity index is 545. The van der Waals surface area contributed by atoms with Crippen LogP contribution in [0.1, 0.15) is 48.9 Å². The molecule has 1 aliphatic rings. The van der Waals surface area contributed by atoms with Crippen molar-refractivity contribution in [3.8, 4) is 6.07 Å². The van der Waals surface area contributed by atoms with Gasteiger partial charge in [0.15, 0.2) is 0 Å². The highest BCUT2D eigenvalue weighted by Crippen LogP contribution is 2.27. The standard InChI is InChI=1S/C15H16BrFN2O/c16-11-5-6-12(13(17)9-11)14(20)19-15(10-18)7-3-1-2-4-8-15/h5-6,9H,1-4,7-8H2,(H,19,20). The molecular weight excluding hydrogens is 323 g/mol. The van der Waals surface area contributed by atoms with E-state index >= 15 is 0 Å². The zero-order valence-corrected chi connectivity index (χ0v) is 12.7. The van der Waals surface area contributed by atoms with Crippen LogP contribution in [0.15, 0.2) is 22.7 Å². The smallest absolute Gasteiger partial charge is 0.255 e. The minimum Gasteiger partial charge on any atom is -0.334 e. The SMILES string of the molecule is N#CC1(NC(=O)c2ccc(Br)cc2F)CCCCCC1. The van der Waals surface area contributed by atoms with Crippen LogP contribution in [-0.2, 0) is 0 Å². The van der Waals surface area contributed by atoms with Crippen molar-refractivity contribution in [1.29, 1.82) is 5.26 Å². The summed E-state index contributed by atoms with van der Waals surface area (Å²) >= 11 is 3.15. The highest BCUT2D eigenvalue weighted by molar-refractivity contribution is 9.10. The fraction of sp³-hybridized carbons (Fsp3) is 0.467. The number of carbonyl (C=O) groups is 1. The average molecular weight is 339 g/mol. The molecule has 20 heavy (non-hydrogen) atoms. The van der Waals surface area contributed by atoms with Gasteiger partial charge < -0.3 is 5.32 Å². The van der Waals surface area contributed by atoms with Gasteiger partial charge in [-0.15, -0.1) is 0 Å². The highest BCUT2D eigenvalue weighted by Gasteiger charge is 2.33. The summed E-state index contributed by atoms with van der Waals surface area (Å²) < 4.78 is 14.4. The van der Waals surface area contributed by atoms with E-state index < -0.39 is 17.3 Å². The molecule has 2 rings (SSSR count). The predicted molar refractivity (Wildman–Crippen MR) is 77.6 cm³/mol. The topological polar surface area (TPSA) is 52.9 Å². The van der Waals surface area contributed by atoms with E-state index in [2.05, 4.69) is 27.3 Å². The average Bonchev–Trinajstić information content (AvgIpc) is 2.64. The molecule has 1 fully saturated rings. The number of carbonyl (C=O) groups excluding carboxylic acids is 1. The number of hydrogen-bond donors (Lipinski definition) is 1. The molecule has 1 amide bonds. The van der Waals surface area contributed by atoms with Gasteiger partial charge >= 0.3 is 0 Å². The summed E-state index contributed by atoms with van der Waals surface area (Å²) in [4.78, 5) is 12.2. The van der Waals surface area contributed by atoms with Crippen LogP contribution in [0.4, 0.5) is 4.39 Å². The summed E-state index contributed by atoms with van der Waals surface area (Å²) in [6.45, 7) is 0. The summed E-state index contributed by atoms with van der Waals surface area (Å²) in [5, 5.41) is 12.2.